The minimum absolute atomic E-state index is 0.109. The van der Waals surface area contributed by atoms with Crippen LogP contribution in [-0.2, 0) is 17.4 Å². The summed E-state index contributed by atoms with van der Waals surface area (Å²) in [5.41, 5.74) is -0.660. The first-order valence-electron chi connectivity index (χ1n) is 6.67. The summed E-state index contributed by atoms with van der Waals surface area (Å²) in [5, 5.41) is 0. The molecular formula is C16H13F3N2O2. The molecule has 0 aliphatic heterocycles. The van der Waals surface area contributed by atoms with E-state index in [9.17, 15) is 22.8 Å². The molecule has 0 fully saturated rings. The largest absolute Gasteiger partial charge is 0.416 e. The molecular weight excluding hydrogens is 309 g/mol. The zero-order chi connectivity index (χ0) is 17.0. The minimum atomic E-state index is -4.55. The maximum Gasteiger partial charge on any atom is 0.416 e. The smallest absolute Gasteiger partial charge is 0.281 e. The van der Waals surface area contributed by atoms with Crippen molar-refractivity contribution in [3.05, 3.63) is 65.5 Å². The molecule has 0 N–H and O–H groups in total. The van der Waals surface area contributed by atoms with Crippen LogP contribution in [0.25, 0.3) is 0 Å². The van der Waals surface area contributed by atoms with Crippen LogP contribution in [-0.4, -0.2) is 28.7 Å². The Morgan fingerprint density at radius 3 is 2.48 bits per heavy atom. The van der Waals surface area contributed by atoms with E-state index in [1.54, 1.807) is 18.2 Å². The highest BCUT2D eigenvalue weighted by Crippen LogP contribution is 2.29. The van der Waals surface area contributed by atoms with E-state index in [-0.39, 0.29) is 12.0 Å². The van der Waals surface area contributed by atoms with E-state index in [0.717, 1.165) is 23.1 Å². The standard InChI is InChI=1S/C16H13F3N2O2/c1-21(14(22)10-13-7-2-3-8-20-13)15(23)11-5-4-6-12(9-11)16(17,18)19/h2-9H,10H2,1H3. The number of rotatable bonds is 3. The molecule has 0 unspecified atom stereocenters. The first-order chi connectivity index (χ1) is 10.8. The molecule has 120 valence electrons. The second kappa shape index (κ2) is 6.60. The molecule has 1 aromatic carbocycles. The normalized spacial score (nSPS) is 11.1. The third-order valence-electron chi connectivity index (χ3n) is 3.17. The Labute approximate surface area is 130 Å². The molecule has 0 saturated carbocycles. The molecule has 7 heteroatoms. The molecule has 0 bridgehead atoms. The second-order valence-electron chi connectivity index (χ2n) is 4.83. The average Bonchev–Trinajstić information content (AvgIpc) is 2.53. The van der Waals surface area contributed by atoms with E-state index in [2.05, 4.69) is 4.98 Å². The molecule has 2 aromatic rings. The van der Waals surface area contributed by atoms with Crippen molar-refractivity contribution in [2.24, 2.45) is 0 Å². The topological polar surface area (TPSA) is 50.3 Å². The van der Waals surface area contributed by atoms with Crippen molar-refractivity contribution in [1.82, 2.24) is 9.88 Å². The molecule has 0 radical (unpaired) electrons. The fraction of sp³-hybridized carbons (Fsp3) is 0.188. The summed E-state index contributed by atoms with van der Waals surface area (Å²) in [6.07, 6.45) is -3.15. The molecule has 0 atom stereocenters. The maximum atomic E-state index is 12.7. The lowest BCUT2D eigenvalue weighted by Gasteiger charge is -2.16. The molecule has 1 aromatic heterocycles. The molecule has 0 saturated heterocycles. The van der Waals surface area contributed by atoms with Gasteiger partial charge in [0.25, 0.3) is 5.91 Å². The molecule has 0 aliphatic carbocycles. The Morgan fingerprint density at radius 2 is 1.87 bits per heavy atom. The third kappa shape index (κ3) is 4.15. The van der Waals surface area contributed by atoms with Gasteiger partial charge in [-0.3, -0.25) is 19.5 Å². The number of carbonyl (C=O) groups is 2. The van der Waals surface area contributed by atoms with Crippen LogP contribution in [0.1, 0.15) is 21.6 Å². The van der Waals surface area contributed by atoms with Gasteiger partial charge >= 0.3 is 6.18 Å². The number of likely N-dealkylation sites (N-methyl/N-ethyl adjacent to an activating group) is 1. The van der Waals surface area contributed by atoms with Crippen LogP contribution in [0, 0.1) is 0 Å². The van der Waals surface area contributed by atoms with Gasteiger partial charge in [0, 0.05) is 24.5 Å². The predicted molar refractivity (Wildman–Crippen MR) is 76.5 cm³/mol. The number of benzene rings is 1. The van der Waals surface area contributed by atoms with Crippen molar-refractivity contribution in [1.29, 1.82) is 0 Å². The number of pyridine rings is 1. The fourth-order valence-electron chi connectivity index (χ4n) is 1.91. The van der Waals surface area contributed by atoms with Crippen LogP contribution >= 0.6 is 0 Å². The van der Waals surface area contributed by atoms with Gasteiger partial charge < -0.3 is 0 Å². The zero-order valence-electron chi connectivity index (χ0n) is 12.2. The number of amides is 2. The highest BCUT2D eigenvalue weighted by atomic mass is 19.4. The van der Waals surface area contributed by atoms with Crippen molar-refractivity contribution in [3.63, 3.8) is 0 Å². The van der Waals surface area contributed by atoms with Crippen LogP contribution < -0.4 is 0 Å². The summed E-state index contributed by atoms with van der Waals surface area (Å²) in [7, 11) is 1.23. The lowest BCUT2D eigenvalue weighted by molar-refractivity contribution is -0.137. The first kappa shape index (κ1) is 16.7. The van der Waals surface area contributed by atoms with Crippen LogP contribution in [0.4, 0.5) is 13.2 Å². The summed E-state index contributed by atoms with van der Waals surface area (Å²) in [4.78, 5) is 29.0. The summed E-state index contributed by atoms with van der Waals surface area (Å²) in [6, 6.07) is 8.98. The Bertz CT molecular complexity index is 715. The predicted octanol–water partition coefficient (Wildman–Crippen LogP) is 2.94. The van der Waals surface area contributed by atoms with E-state index in [4.69, 9.17) is 0 Å². The van der Waals surface area contributed by atoms with Gasteiger partial charge in [0.15, 0.2) is 0 Å². The summed E-state index contributed by atoms with van der Waals surface area (Å²) >= 11 is 0. The lowest BCUT2D eigenvalue weighted by atomic mass is 10.1. The molecule has 2 rings (SSSR count). The van der Waals surface area contributed by atoms with Crippen molar-refractivity contribution < 1.29 is 22.8 Å². The quantitative estimate of drug-likeness (QED) is 0.873. The van der Waals surface area contributed by atoms with Gasteiger partial charge in [-0.05, 0) is 30.3 Å². The molecule has 1 heterocycles. The van der Waals surface area contributed by atoms with E-state index in [1.165, 1.54) is 19.3 Å². The zero-order valence-corrected chi connectivity index (χ0v) is 12.2. The highest BCUT2D eigenvalue weighted by Gasteiger charge is 2.31. The number of nitrogens with zero attached hydrogens (tertiary/aromatic N) is 2. The second-order valence-corrected chi connectivity index (χ2v) is 4.83. The molecule has 23 heavy (non-hydrogen) atoms. The summed E-state index contributed by atoms with van der Waals surface area (Å²) in [6.45, 7) is 0. The minimum Gasteiger partial charge on any atom is -0.281 e. The molecule has 0 spiro atoms. The van der Waals surface area contributed by atoms with Gasteiger partial charge in [-0.25, -0.2) is 0 Å². The van der Waals surface area contributed by atoms with Crippen LogP contribution in [0.2, 0.25) is 0 Å². The summed E-state index contributed by atoms with van der Waals surface area (Å²) in [5.74, 6) is -1.34. The molecule has 4 nitrogen and oxygen atoms in total. The van der Waals surface area contributed by atoms with Crippen LogP contribution in [0.15, 0.2) is 48.7 Å². The number of halogens is 3. The highest BCUT2D eigenvalue weighted by molar-refractivity contribution is 6.04. The average molecular weight is 322 g/mol. The van der Waals surface area contributed by atoms with Gasteiger partial charge in [-0.1, -0.05) is 12.1 Å². The van der Waals surface area contributed by atoms with Gasteiger partial charge in [-0.15, -0.1) is 0 Å². The monoisotopic (exact) mass is 322 g/mol. The van der Waals surface area contributed by atoms with Gasteiger partial charge in [0.1, 0.15) is 0 Å². The van der Waals surface area contributed by atoms with Crippen LogP contribution in [0.3, 0.4) is 0 Å². The Hall–Kier alpha value is -2.70. The van der Waals surface area contributed by atoms with Gasteiger partial charge in [-0.2, -0.15) is 13.2 Å². The van der Waals surface area contributed by atoms with Crippen LogP contribution in [0.5, 0.6) is 0 Å². The molecule has 0 aliphatic rings. The van der Waals surface area contributed by atoms with Crippen molar-refractivity contribution in [2.45, 2.75) is 12.6 Å². The number of carbonyl (C=O) groups excluding carboxylic acids is 2. The third-order valence-corrected chi connectivity index (χ3v) is 3.17. The maximum absolute atomic E-state index is 12.7. The number of hydrogen-bond donors (Lipinski definition) is 0. The van der Waals surface area contributed by atoms with E-state index in [0.29, 0.717) is 5.69 Å². The Morgan fingerprint density at radius 1 is 1.13 bits per heavy atom. The van der Waals surface area contributed by atoms with E-state index >= 15 is 0 Å². The first-order valence-corrected chi connectivity index (χ1v) is 6.67. The van der Waals surface area contributed by atoms with Crippen molar-refractivity contribution in [3.8, 4) is 0 Å². The number of imide groups is 1. The number of hydrogen-bond acceptors (Lipinski definition) is 3. The molecule has 2 amide bonds. The lowest BCUT2D eigenvalue weighted by Crippen LogP contribution is -2.34. The van der Waals surface area contributed by atoms with Gasteiger partial charge in [0.2, 0.25) is 5.91 Å². The Kier molecular flexibility index (Phi) is 4.78. The van der Waals surface area contributed by atoms with Crippen molar-refractivity contribution in [2.75, 3.05) is 7.05 Å². The Balaban J connectivity index is 2.15. The van der Waals surface area contributed by atoms with Crippen molar-refractivity contribution >= 4 is 11.8 Å². The number of alkyl halides is 3. The SMILES string of the molecule is CN(C(=O)Cc1ccccn1)C(=O)c1cccc(C(F)(F)F)c1. The fourth-order valence-corrected chi connectivity index (χ4v) is 1.91. The number of aromatic nitrogens is 1. The summed E-state index contributed by atoms with van der Waals surface area (Å²) < 4.78 is 38.0. The van der Waals surface area contributed by atoms with E-state index < -0.39 is 23.6 Å². The van der Waals surface area contributed by atoms with E-state index in [1.807, 2.05) is 0 Å². The van der Waals surface area contributed by atoms with Gasteiger partial charge in [0.05, 0.1) is 12.0 Å².